The van der Waals surface area contributed by atoms with Crippen molar-refractivity contribution in [3.63, 3.8) is 0 Å². The Labute approximate surface area is 113 Å². The number of hydrogen-bond acceptors (Lipinski definition) is 8. The number of pyridine rings is 1. The van der Waals surface area contributed by atoms with Crippen LogP contribution in [0.4, 0.5) is 5.69 Å². The summed E-state index contributed by atoms with van der Waals surface area (Å²) in [6, 6.07) is 1.54. The number of nitrogen functional groups attached to an aromatic ring is 1. The summed E-state index contributed by atoms with van der Waals surface area (Å²) < 4.78 is 10.1. The van der Waals surface area contributed by atoms with Gasteiger partial charge in [0.15, 0.2) is 0 Å². The van der Waals surface area contributed by atoms with Crippen LogP contribution in [0, 0.1) is 6.92 Å². The molecule has 2 N–H and O–H groups in total. The van der Waals surface area contributed by atoms with E-state index in [2.05, 4.69) is 15.2 Å². The minimum atomic E-state index is -0.481. The quantitative estimate of drug-likeness (QED) is 0.843. The summed E-state index contributed by atoms with van der Waals surface area (Å²) in [5.41, 5.74) is 6.24. The van der Waals surface area contributed by atoms with Gasteiger partial charge >= 0.3 is 5.97 Å². The summed E-state index contributed by atoms with van der Waals surface area (Å²) >= 11 is 1.15. The van der Waals surface area contributed by atoms with Crippen LogP contribution in [-0.2, 0) is 4.74 Å². The summed E-state index contributed by atoms with van der Waals surface area (Å²) in [4.78, 5) is 15.8. The molecule has 0 aliphatic carbocycles. The van der Waals surface area contributed by atoms with E-state index in [9.17, 15) is 4.79 Å². The SMILES string of the molecule is CCOC(=O)c1cc(Sc2nnc(C)o2)ncc1N. The first-order chi connectivity index (χ1) is 9.10. The molecule has 100 valence electrons. The molecule has 0 saturated heterocycles. The zero-order valence-electron chi connectivity index (χ0n) is 10.4. The van der Waals surface area contributed by atoms with Crippen LogP contribution >= 0.6 is 11.8 Å². The second kappa shape index (κ2) is 5.70. The first kappa shape index (κ1) is 13.3. The molecule has 8 heteroatoms. The van der Waals surface area contributed by atoms with E-state index in [1.165, 1.54) is 12.3 Å². The smallest absolute Gasteiger partial charge is 0.340 e. The first-order valence-electron chi connectivity index (χ1n) is 5.50. The summed E-state index contributed by atoms with van der Waals surface area (Å²) in [5.74, 6) is -0.0190. The molecule has 0 bridgehead atoms. The Morgan fingerprint density at radius 3 is 2.95 bits per heavy atom. The van der Waals surface area contributed by atoms with Crippen LogP contribution < -0.4 is 5.73 Å². The number of nitrogens with zero attached hydrogens (tertiary/aromatic N) is 3. The van der Waals surface area contributed by atoms with Crippen molar-refractivity contribution in [2.45, 2.75) is 24.1 Å². The number of anilines is 1. The molecule has 0 saturated carbocycles. The van der Waals surface area contributed by atoms with Gasteiger partial charge in [0.2, 0.25) is 5.89 Å². The third-order valence-electron chi connectivity index (χ3n) is 2.10. The van der Waals surface area contributed by atoms with E-state index in [1.807, 2.05) is 0 Å². The largest absolute Gasteiger partial charge is 0.462 e. The molecule has 0 aliphatic heterocycles. The summed E-state index contributed by atoms with van der Waals surface area (Å²) in [5, 5.41) is 8.42. The van der Waals surface area contributed by atoms with Crippen LogP contribution in [0.3, 0.4) is 0 Å². The number of carbonyl (C=O) groups is 1. The van der Waals surface area contributed by atoms with E-state index < -0.39 is 5.97 Å². The van der Waals surface area contributed by atoms with Gasteiger partial charge < -0.3 is 14.9 Å². The third-order valence-corrected chi connectivity index (χ3v) is 2.88. The molecule has 0 atom stereocenters. The number of nitrogens with two attached hydrogens (primary N) is 1. The van der Waals surface area contributed by atoms with Gasteiger partial charge in [0.1, 0.15) is 5.03 Å². The Kier molecular flexibility index (Phi) is 4.00. The zero-order valence-corrected chi connectivity index (χ0v) is 11.2. The van der Waals surface area contributed by atoms with Gasteiger partial charge in [-0.2, -0.15) is 0 Å². The van der Waals surface area contributed by atoms with Gasteiger partial charge in [-0.25, -0.2) is 9.78 Å². The van der Waals surface area contributed by atoms with Crippen LogP contribution in [0.25, 0.3) is 0 Å². The number of hydrogen-bond donors (Lipinski definition) is 1. The van der Waals surface area contributed by atoms with Gasteiger partial charge in [0.25, 0.3) is 5.22 Å². The highest BCUT2D eigenvalue weighted by Gasteiger charge is 2.14. The van der Waals surface area contributed by atoms with Gasteiger partial charge in [0.05, 0.1) is 24.1 Å². The van der Waals surface area contributed by atoms with E-state index in [4.69, 9.17) is 14.9 Å². The molecule has 0 unspecified atom stereocenters. The molecule has 2 aromatic rings. The molecule has 2 aromatic heterocycles. The highest BCUT2D eigenvalue weighted by atomic mass is 32.2. The van der Waals surface area contributed by atoms with Crippen molar-refractivity contribution in [3.8, 4) is 0 Å². The maximum Gasteiger partial charge on any atom is 0.340 e. The first-order valence-corrected chi connectivity index (χ1v) is 6.32. The van der Waals surface area contributed by atoms with E-state index in [0.29, 0.717) is 16.1 Å². The van der Waals surface area contributed by atoms with Gasteiger partial charge in [-0.05, 0) is 24.8 Å². The monoisotopic (exact) mass is 280 g/mol. The molecule has 0 fully saturated rings. The normalized spacial score (nSPS) is 10.4. The Morgan fingerprint density at radius 1 is 1.53 bits per heavy atom. The fourth-order valence-corrected chi connectivity index (χ4v) is 2.00. The molecule has 0 radical (unpaired) electrons. The molecule has 0 aromatic carbocycles. The van der Waals surface area contributed by atoms with Crippen molar-refractivity contribution < 1.29 is 13.9 Å². The van der Waals surface area contributed by atoms with Crippen molar-refractivity contribution in [1.29, 1.82) is 0 Å². The maximum absolute atomic E-state index is 11.7. The van der Waals surface area contributed by atoms with Crippen LogP contribution in [-0.4, -0.2) is 27.8 Å². The van der Waals surface area contributed by atoms with Gasteiger partial charge in [-0.3, -0.25) is 0 Å². The lowest BCUT2D eigenvalue weighted by Crippen LogP contribution is -2.08. The lowest BCUT2D eigenvalue weighted by atomic mass is 10.2. The van der Waals surface area contributed by atoms with Crippen molar-refractivity contribution in [2.24, 2.45) is 0 Å². The number of carbonyl (C=O) groups excluding carboxylic acids is 1. The topological polar surface area (TPSA) is 104 Å². The van der Waals surface area contributed by atoms with E-state index in [0.717, 1.165) is 11.8 Å². The average molecular weight is 280 g/mol. The van der Waals surface area contributed by atoms with Crippen LogP contribution in [0.1, 0.15) is 23.2 Å². The minimum absolute atomic E-state index is 0.268. The molecule has 19 heavy (non-hydrogen) atoms. The minimum Gasteiger partial charge on any atom is -0.462 e. The van der Waals surface area contributed by atoms with E-state index in [1.54, 1.807) is 13.8 Å². The molecular weight excluding hydrogens is 268 g/mol. The fourth-order valence-electron chi connectivity index (χ4n) is 1.30. The van der Waals surface area contributed by atoms with Crippen molar-refractivity contribution in [3.05, 3.63) is 23.7 Å². The van der Waals surface area contributed by atoms with Crippen LogP contribution in [0.2, 0.25) is 0 Å². The van der Waals surface area contributed by atoms with Crippen LogP contribution in [0.15, 0.2) is 26.9 Å². The summed E-state index contributed by atoms with van der Waals surface area (Å²) in [6.07, 6.45) is 1.40. The molecule has 0 spiro atoms. The second-order valence-corrected chi connectivity index (χ2v) is 4.49. The average Bonchev–Trinajstić information content (AvgIpc) is 2.77. The Bertz CT molecular complexity index is 599. The van der Waals surface area contributed by atoms with E-state index in [-0.39, 0.29) is 17.9 Å². The number of aromatic nitrogens is 3. The number of rotatable bonds is 4. The second-order valence-electron chi connectivity index (χ2n) is 3.52. The Balaban J connectivity index is 2.23. The van der Waals surface area contributed by atoms with Crippen molar-refractivity contribution in [1.82, 2.24) is 15.2 Å². The van der Waals surface area contributed by atoms with Gasteiger partial charge in [0, 0.05) is 6.92 Å². The van der Waals surface area contributed by atoms with Crippen LogP contribution in [0.5, 0.6) is 0 Å². The third kappa shape index (κ3) is 3.22. The van der Waals surface area contributed by atoms with Gasteiger partial charge in [-0.15, -0.1) is 10.2 Å². The Hall–Kier alpha value is -2.09. The lowest BCUT2D eigenvalue weighted by Gasteiger charge is -2.05. The predicted octanol–water partition coefficient (Wildman–Crippen LogP) is 1.68. The molecule has 0 amide bonds. The number of esters is 1. The van der Waals surface area contributed by atoms with Gasteiger partial charge in [-0.1, -0.05) is 0 Å². The summed E-state index contributed by atoms with van der Waals surface area (Å²) in [6.45, 7) is 3.70. The standard InChI is InChI=1S/C11H12N4O3S/c1-3-17-10(16)7-4-9(13-5-8(7)12)19-11-15-14-6(2)18-11/h4-5H,3,12H2,1-2H3. The van der Waals surface area contributed by atoms with Crippen molar-refractivity contribution >= 4 is 23.4 Å². The Morgan fingerprint density at radius 2 is 2.32 bits per heavy atom. The predicted molar refractivity (Wildman–Crippen MR) is 67.8 cm³/mol. The molecule has 7 nitrogen and oxygen atoms in total. The highest BCUT2D eigenvalue weighted by molar-refractivity contribution is 7.99. The molecule has 0 aliphatic rings. The lowest BCUT2D eigenvalue weighted by molar-refractivity contribution is 0.0527. The number of aryl methyl sites for hydroxylation is 1. The van der Waals surface area contributed by atoms with E-state index >= 15 is 0 Å². The number of ether oxygens (including phenoxy) is 1. The molecule has 2 heterocycles. The summed E-state index contributed by atoms with van der Waals surface area (Å²) in [7, 11) is 0. The molecule has 2 rings (SSSR count). The molecular formula is C11H12N4O3S. The van der Waals surface area contributed by atoms with Crippen molar-refractivity contribution in [2.75, 3.05) is 12.3 Å². The highest BCUT2D eigenvalue weighted by Crippen LogP contribution is 2.27. The zero-order chi connectivity index (χ0) is 13.8. The maximum atomic E-state index is 11.7. The fraction of sp³-hybridized carbons (Fsp3) is 0.273.